The lowest BCUT2D eigenvalue weighted by Gasteiger charge is -2.35. The maximum Gasteiger partial charge on any atom is 0.223 e. The SMILES string of the molecule is N#Cc1ccc(O[C@H](c2cccc3cccnc23)[C@@H](c2ccc(F)cc2)N2CCCC2=O)cc1. The van der Waals surface area contributed by atoms with Gasteiger partial charge in [-0.05, 0) is 54.4 Å². The third-order valence-corrected chi connectivity index (χ3v) is 6.16. The van der Waals surface area contributed by atoms with Gasteiger partial charge in [-0.25, -0.2) is 4.39 Å². The number of carbonyl (C=O) groups is 1. The van der Waals surface area contributed by atoms with E-state index in [0.29, 0.717) is 24.3 Å². The van der Waals surface area contributed by atoms with E-state index < -0.39 is 12.1 Å². The molecule has 1 aliphatic heterocycles. The van der Waals surface area contributed by atoms with Crippen LogP contribution in [-0.2, 0) is 4.79 Å². The van der Waals surface area contributed by atoms with Gasteiger partial charge in [0.25, 0.3) is 0 Å². The van der Waals surface area contributed by atoms with Crippen LogP contribution in [0.2, 0.25) is 0 Å². The van der Waals surface area contributed by atoms with Crippen LogP contribution in [0.25, 0.3) is 10.9 Å². The fourth-order valence-corrected chi connectivity index (χ4v) is 4.55. The summed E-state index contributed by atoms with van der Waals surface area (Å²) in [5.41, 5.74) is 2.92. The van der Waals surface area contributed by atoms with Gasteiger partial charge in [-0.15, -0.1) is 0 Å². The maximum atomic E-state index is 13.8. The molecule has 0 spiro atoms. The van der Waals surface area contributed by atoms with Crippen LogP contribution < -0.4 is 4.74 Å². The van der Waals surface area contributed by atoms with E-state index in [0.717, 1.165) is 28.5 Å². The number of para-hydroxylation sites is 1. The van der Waals surface area contributed by atoms with Crippen LogP contribution in [0.3, 0.4) is 0 Å². The van der Waals surface area contributed by atoms with Crippen LogP contribution >= 0.6 is 0 Å². The standard InChI is InChI=1S/C28H22FN3O2/c29-22-12-10-21(11-13-22)27(32-17-3-7-25(32)33)28(34-23-14-8-19(18-30)9-15-23)24-6-1-4-20-5-2-16-31-26(20)24/h1-2,4-6,8-16,27-28H,3,7,17H2/t27-,28-/m1/s1. The molecule has 6 heteroatoms. The van der Waals surface area contributed by atoms with Gasteiger partial charge in [-0.2, -0.15) is 5.26 Å². The molecule has 1 amide bonds. The van der Waals surface area contributed by atoms with Crippen molar-refractivity contribution in [3.05, 3.63) is 108 Å². The van der Waals surface area contributed by atoms with E-state index in [1.54, 1.807) is 42.6 Å². The average Bonchev–Trinajstić information content (AvgIpc) is 3.30. The van der Waals surface area contributed by atoms with Crippen molar-refractivity contribution in [1.29, 1.82) is 5.26 Å². The van der Waals surface area contributed by atoms with Gasteiger partial charge >= 0.3 is 0 Å². The van der Waals surface area contributed by atoms with Crippen LogP contribution in [0.15, 0.2) is 85.1 Å². The number of ether oxygens (including phenoxy) is 1. The Morgan fingerprint density at radius 2 is 1.76 bits per heavy atom. The molecule has 2 atom stereocenters. The molecule has 1 fully saturated rings. The summed E-state index contributed by atoms with van der Waals surface area (Å²) < 4.78 is 20.4. The number of nitrogens with zero attached hydrogens (tertiary/aromatic N) is 3. The van der Waals surface area contributed by atoms with E-state index in [1.165, 1.54) is 12.1 Å². The summed E-state index contributed by atoms with van der Waals surface area (Å²) in [5.74, 6) is 0.262. The lowest BCUT2D eigenvalue weighted by molar-refractivity contribution is -0.131. The second kappa shape index (κ2) is 9.32. The molecule has 3 aromatic carbocycles. The van der Waals surface area contributed by atoms with Crippen LogP contribution in [-0.4, -0.2) is 22.3 Å². The summed E-state index contributed by atoms with van der Waals surface area (Å²) in [5, 5.41) is 10.1. The number of nitriles is 1. The van der Waals surface area contributed by atoms with E-state index in [-0.39, 0.29) is 11.7 Å². The van der Waals surface area contributed by atoms with Crippen LogP contribution in [0.4, 0.5) is 4.39 Å². The molecule has 5 rings (SSSR count). The highest BCUT2D eigenvalue weighted by molar-refractivity contribution is 5.83. The number of hydrogen-bond acceptors (Lipinski definition) is 4. The van der Waals surface area contributed by atoms with E-state index in [2.05, 4.69) is 11.1 Å². The van der Waals surface area contributed by atoms with Crippen molar-refractivity contribution in [2.45, 2.75) is 25.0 Å². The van der Waals surface area contributed by atoms with Crippen LogP contribution in [0.5, 0.6) is 5.75 Å². The van der Waals surface area contributed by atoms with Crippen LogP contribution in [0.1, 0.15) is 41.7 Å². The largest absolute Gasteiger partial charge is 0.483 e. The van der Waals surface area contributed by atoms with Crippen molar-refractivity contribution >= 4 is 16.8 Å². The van der Waals surface area contributed by atoms with Crippen LogP contribution in [0, 0.1) is 17.1 Å². The molecule has 0 N–H and O–H groups in total. The first-order chi connectivity index (χ1) is 16.6. The van der Waals surface area contributed by atoms with Gasteiger partial charge in [-0.3, -0.25) is 9.78 Å². The molecule has 2 heterocycles. The van der Waals surface area contributed by atoms with Crippen molar-refractivity contribution < 1.29 is 13.9 Å². The van der Waals surface area contributed by atoms with Gasteiger partial charge in [-0.1, -0.05) is 36.4 Å². The first kappa shape index (κ1) is 21.6. The third-order valence-electron chi connectivity index (χ3n) is 6.16. The molecule has 0 radical (unpaired) electrons. The first-order valence-corrected chi connectivity index (χ1v) is 11.2. The smallest absolute Gasteiger partial charge is 0.223 e. The summed E-state index contributed by atoms with van der Waals surface area (Å²) in [6.45, 7) is 0.590. The quantitative estimate of drug-likeness (QED) is 0.376. The Balaban J connectivity index is 1.69. The minimum absolute atomic E-state index is 0.0379. The molecular weight excluding hydrogens is 429 g/mol. The highest BCUT2D eigenvalue weighted by Crippen LogP contribution is 2.41. The summed E-state index contributed by atoms with van der Waals surface area (Å²) >= 11 is 0. The highest BCUT2D eigenvalue weighted by atomic mass is 19.1. The Morgan fingerprint density at radius 1 is 1.00 bits per heavy atom. The topological polar surface area (TPSA) is 66.2 Å². The normalized spacial score (nSPS) is 15.2. The summed E-state index contributed by atoms with van der Waals surface area (Å²) in [6, 6.07) is 24.5. The van der Waals surface area contributed by atoms with Crippen molar-refractivity contribution in [2.24, 2.45) is 0 Å². The van der Waals surface area contributed by atoms with Gasteiger partial charge in [0.05, 0.1) is 23.2 Å². The zero-order valence-electron chi connectivity index (χ0n) is 18.4. The molecule has 0 saturated carbocycles. The molecule has 168 valence electrons. The number of hydrogen-bond donors (Lipinski definition) is 0. The number of benzene rings is 3. The zero-order chi connectivity index (χ0) is 23.5. The lowest BCUT2D eigenvalue weighted by Crippen LogP contribution is -2.36. The Bertz CT molecular complexity index is 1360. The Morgan fingerprint density at radius 3 is 2.47 bits per heavy atom. The minimum Gasteiger partial charge on any atom is -0.483 e. The summed E-state index contributed by atoms with van der Waals surface area (Å²) in [7, 11) is 0. The number of carbonyl (C=O) groups excluding carboxylic acids is 1. The fraction of sp³-hybridized carbons (Fsp3) is 0.179. The average molecular weight is 452 g/mol. The summed E-state index contributed by atoms with van der Waals surface area (Å²) in [4.78, 5) is 19.4. The molecule has 5 nitrogen and oxygen atoms in total. The van der Waals surface area contributed by atoms with Gasteiger partial charge in [0.2, 0.25) is 5.91 Å². The number of pyridine rings is 1. The van der Waals surface area contributed by atoms with Crippen molar-refractivity contribution in [3.63, 3.8) is 0 Å². The molecule has 1 aromatic heterocycles. The minimum atomic E-state index is -0.612. The number of amides is 1. The molecular formula is C28H22FN3O2. The fourth-order valence-electron chi connectivity index (χ4n) is 4.55. The molecule has 0 aliphatic carbocycles. The summed E-state index contributed by atoms with van der Waals surface area (Å²) in [6.07, 6.45) is 2.35. The van der Waals surface area contributed by atoms with Gasteiger partial charge < -0.3 is 9.64 Å². The second-order valence-corrected chi connectivity index (χ2v) is 8.28. The maximum absolute atomic E-state index is 13.8. The third kappa shape index (κ3) is 4.20. The monoisotopic (exact) mass is 451 g/mol. The van der Waals surface area contributed by atoms with Gasteiger partial charge in [0, 0.05) is 30.1 Å². The van der Waals surface area contributed by atoms with Gasteiger partial charge in [0.15, 0.2) is 6.10 Å². The Labute approximate surface area is 197 Å². The first-order valence-electron chi connectivity index (χ1n) is 11.2. The number of aromatic nitrogens is 1. The predicted molar refractivity (Wildman–Crippen MR) is 126 cm³/mol. The highest BCUT2D eigenvalue weighted by Gasteiger charge is 2.38. The molecule has 1 saturated heterocycles. The van der Waals surface area contributed by atoms with Crippen molar-refractivity contribution in [3.8, 4) is 11.8 Å². The van der Waals surface area contributed by atoms with E-state index in [1.807, 2.05) is 35.2 Å². The predicted octanol–water partition coefficient (Wildman–Crippen LogP) is 5.73. The Hall–Kier alpha value is -4.24. The number of fused-ring (bicyclic) bond motifs is 1. The molecule has 34 heavy (non-hydrogen) atoms. The van der Waals surface area contributed by atoms with Crippen molar-refractivity contribution in [2.75, 3.05) is 6.54 Å². The number of likely N-dealkylation sites (tertiary alicyclic amines) is 1. The molecule has 4 aromatic rings. The molecule has 0 unspecified atom stereocenters. The van der Waals surface area contributed by atoms with E-state index in [4.69, 9.17) is 10.00 Å². The lowest BCUT2D eigenvalue weighted by atomic mass is 9.92. The number of halogens is 1. The zero-order valence-corrected chi connectivity index (χ0v) is 18.4. The second-order valence-electron chi connectivity index (χ2n) is 8.28. The molecule has 1 aliphatic rings. The number of rotatable bonds is 6. The van der Waals surface area contributed by atoms with E-state index in [9.17, 15) is 9.18 Å². The van der Waals surface area contributed by atoms with Crippen molar-refractivity contribution in [1.82, 2.24) is 9.88 Å². The Kier molecular flexibility index (Phi) is 5.92. The van der Waals surface area contributed by atoms with E-state index >= 15 is 0 Å². The molecule has 0 bridgehead atoms. The van der Waals surface area contributed by atoms with Gasteiger partial charge in [0.1, 0.15) is 11.6 Å².